The fourth-order valence-electron chi connectivity index (χ4n) is 2.11. The summed E-state index contributed by atoms with van der Waals surface area (Å²) in [5.74, 6) is 0. The van der Waals surface area contributed by atoms with E-state index in [0.29, 0.717) is 12.3 Å². The molecule has 20 heavy (non-hydrogen) atoms. The summed E-state index contributed by atoms with van der Waals surface area (Å²) >= 11 is 0. The van der Waals surface area contributed by atoms with E-state index >= 15 is 0 Å². The Bertz CT molecular complexity index is 685. The van der Waals surface area contributed by atoms with Crippen molar-refractivity contribution in [1.82, 2.24) is 0 Å². The Morgan fingerprint density at radius 2 is 1.40 bits per heavy atom. The highest BCUT2D eigenvalue weighted by molar-refractivity contribution is 6.16. The Morgan fingerprint density at radius 1 is 0.800 bits per heavy atom. The molecule has 0 fully saturated rings. The van der Waals surface area contributed by atoms with Crippen LogP contribution in [0.15, 0.2) is 76.7 Å². The zero-order chi connectivity index (χ0) is 13.8. The van der Waals surface area contributed by atoms with Crippen LogP contribution in [0, 0.1) is 0 Å². The molecule has 1 aliphatic rings. The molecule has 0 radical (unpaired) electrons. The SMILES string of the molecule is FC1=NCC(c2ccccc2)=CC(c2ccccc2)=N1. The van der Waals surface area contributed by atoms with Crippen molar-refractivity contribution in [2.45, 2.75) is 0 Å². The van der Waals surface area contributed by atoms with E-state index in [-0.39, 0.29) is 0 Å². The average molecular weight is 264 g/mol. The second-order valence-corrected chi connectivity index (χ2v) is 4.48. The van der Waals surface area contributed by atoms with Gasteiger partial charge in [0.05, 0.1) is 12.3 Å². The molecule has 0 unspecified atom stereocenters. The maximum atomic E-state index is 13.6. The van der Waals surface area contributed by atoms with Crippen LogP contribution in [0.4, 0.5) is 4.39 Å². The van der Waals surface area contributed by atoms with E-state index in [1.54, 1.807) is 0 Å². The van der Waals surface area contributed by atoms with E-state index in [1.165, 1.54) is 0 Å². The summed E-state index contributed by atoms with van der Waals surface area (Å²) < 4.78 is 13.6. The summed E-state index contributed by atoms with van der Waals surface area (Å²) in [6, 6.07) is 19.4. The molecule has 0 atom stereocenters. The molecule has 0 bridgehead atoms. The molecule has 98 valence electrons. The summed E-state index contributed by atoms with van der Waals surface area (Å²) in [7, 11) is 0. The maximum Gasteiger partial charge on any atom is 0.304 e. The summed E-state index contributed by atoms with van der Waals surface area (Å²) in [6.45, 7) is 0.301. The number of allylic oxidation sites excluding steroid dienone is 1. The number of benzene rings is 2. The Morgan fingerprint density at radius 3 is 2.05 bits per heavy atom. The van der Waals surface area contributed by atoms with Gasteiger partial charge in [-0.05, 0) is 17.2 Å². The van der Waals surface area contributed by atoms with Crippen LogP contribution in [0.2, 0.25) is 0 Å². The standard InChI is InChI=1S/C17H13FN2/c18-17-19-12-15(13-7-3-1-4-8-13)11-16(20-17)14-9-5-2-6-10-14/h1-11H,12H2. The Kier molecular flexibility index (Phi) is 3.50. The second-order valence-electron chi connectivity index (χ2n) is 4.48. The number of amidine groups is 1. The minimum absolute atomic E-state index is 0.301. The smallest absolute Gasteiger partial charge is 0.236 e. The number of rotatable bonds is 2. The monoisotopic (exact) mass is 264 g/mol. The first-order chi connectivity index (χ1) is 9.83. The molecule has 2 aromatic rings. The first-order valence-corrected chi connectivity index (χ1v) is 6.43. The minimum Gasteiger partial charge on any atom is -0.236 e. The van der Waals surface area contributed by atoms with E-state index in [1.807, 2.05) is 66.7 Å². The predicted octanol–water partition coefficient (Wildman–Crippen LogP) is 3.90. The van der Waals surface area contributed by atoms with Crippen LogP contribution in [-0.2, 0) is 0 Å². The Labute approximate surface area is 117 Å². The van der Waals surface area contributed by atoms with Crippen molar-refractivity contribution < 1.29 is 4.39 Å². The van der Waals surface area contributed by atoms with E-state index in [4.69, 9.17) is 0 Å². The zero-order valence-electron chi connectivity index (χ0n) is 10.8. The van der Waals surface area contributed by atoms with Gasteiger partial charge in [0.25, 0.3) is 0 Å². The van der Waals surface area contributed by atoms with Crippen molar-refractivity contribution in [1.29, 1.82) is 0 Å². The number of hydrogen-bond acceptors (Lipinski definition) is 2. The van der Waals surface area contributed by atoms with Gasteiger partial charge in [-0.15, -0.1) is 0 Å². The summed E-state index contributed by atoms with van der Waals surface area (Å²) in [6.07, 6.45) is 1.23. The topological polar surface area (TPSA) is 24.7 Å². The van der Waals surface area contributed by atoms with Crippen LogP contribution in [-0.4, -0.2) is 18.3 Å². The van der Waals surface area contributed by atoms with Crippen LogP contribution < -0.4 is 0 Å². The van der Waals surface area contributed by atoms with Gasteiger partial charge in [-0.25, -0.2) is 9.98 Å². The fraction of sp³-hybridized carbons (Fsp3) is 0.0588. The highest BCUT2D eigenvalue weighted by Crippen LogP contribution is 2.19. The van der Waals surface area contributed by atoms with E-state index in [0.717, 1.165) is 16.7 Å². The number of halogens is 1. The van der Waals surface area contributed by atoms with Crippen molar-refractivity contribution in [2.24, 2.45) is 9.98 Å². The lowest BCUT2D eigenvalue weighted by Gasteiger charge is -2.05. The third kappa shape index (κ3) is 2.72. The Balaban J connectivity index is 2.06. The zero-order valence-corrected chi connectivity index (χ0v) is 10.8. The number of aliphatic imine (C=N–C) groups is 2. The molecule has 2 nitrogen and oxygen atoms in total. The van der Waals surface area contributed by atoms with E-state index in [9.17, 15) is 4.39 Å². The highest BCUT2D eigenvalue weighted by atomic mass is 19.1. The van der Waals surface area contributed by atoms with Gasteiger partial charge in [0, 0.05) is 5.56 Å². The molecule has 0 spiro atoms. The molecular weight excluding hydrogens is 251 g/mol. The molecule has 0 amide bonds. The molecule has 0 aliphatic carbocycles. The average Bonchev–Trinajstić information content (AvgIpc) is 2.71. The Hall–Kier alpha value is -2.55. The van der Waals surface area contributed by atoms with Crippen LogP contribution >= 0.6 is 0 Å². The summed E-state index contributed by atoms with van der Waals surface area (Å²) in [5.41, 5.74) is 3.48. The summed E-state index contributed by atoms with van der Waals surface area (Å²) in [5, 5.41) is 0. The minimum atomic E-state index is -0.675. The van der Waals surface area contributed by atoms with Crippen molar-refractivity contribution in [3.63, 3.8) is 0 Å². The van der Waals surface area contributed by atoms with E-state index in [2.05, 4.69) is 9.98 Å². The largest absolute Gasteiger partial charge is 0.304 e. The first-order valence-electron chi connectivity index (χ1n) is 6.43. The molecular formula is C17H13FN2. The lowest BCUT2D eigenvalue weighted by Crippen LogP contribution is -1.99. The van der Waals surface area contributed by atoms with Crippen LogP contribution in [0.1, 0.15) is 11.1 Å². The van der Waals surface area contributed by atoms with Gasteiger partial charge >= 0.3 is 6.09 Å². The predicted molar refractivity (Wildman–Crippen MR) is 80.8 cm³/mol. The molecule has 0 N–H and O–H groups in total. The molecule has 1 aliphatic heterocycles. The number of hydrogen-bond donors (Lipinski definition) is 0. The van der Waals surface area contributed by atoms with Gasteiger partial charge < -0.3 is 0 Å². The lowest BCUT2D eigenvalue weighted by atomic mass is 10.0. The number of nitrogens with zero attached hydrogens (tertiary/aromatic N) is 2. The molecule has 0 aromatic heterocycles. The third-order valence-electron chi connectivity index (χ3n) is 3.12. The summed E-state index contributed by atoms with van der Waals surface area (Å²) in [4.78, 5) is 7.80. The van der Waals surface area contributed by atoms with Gasteiger partial charge in [-0.2, -0.15) is 4.39 Å². The quantitative estimate of drug-likeness (QED) is 0.735. The maximum absolute atomic E-state index is 13.6. The van der Waals surface area contributed by atoms with Gasteiger partial charge in [-0.3, -0.25) is 0 Å². The normalized spacial score (nSPS) is 14.9. The molecule has 2 aromatic carbocycles. The highest BCUT2D eigenvalue weighted by Gasteiger charge is 2.10. The second kappa shape index (κ2) is 5.61. The molecule has 1 heterocycles. The van der Waals surface area contributed by atoms with Crippen LogP contribution in [0.25, 0.3) is 5.57 Å². The molecule has 0 saturated heterocycles. The third-order valence-corrected chi connectivity index (χ3v) is 3.12. The van der Waals surface area contributed by atoms with Gasteiger partial charge in [0.15, 0.2) is 0 Å². The van der Waals surface area contributed by atoms with Gasteiger partial charge in [0.2, 0.25) is 0 Å². The van der Waals surface area contributed by atoms with Crippen molar-refractivity contribution in [3.05, 3.63) is 77.9 Å². The first kappa shape index (κ1) is 12.5. The van der Waals surface area contributed by atoms with Crippen LogP contribution in [0.3, 0.4) is 0 Å². The van der Waals surface area contributed by atoms with Crippen molar-refractivity contribution in [3.8, 4) is 0 Å². The van der Waals surface area contributed by atoms with Crippen molar-refractivity contribution in [2.75, 3.05) is 6.54 Å². The van der Waals surface area contributed by atoms with Gasteiger partial charge in [0.1, 0.15) is 0 Å². The fourth-order valence-corrected chi connectivity index (χ4v) is 2.11. The molecule has 0 saturated carbocycles. The van der Waals surface area contributed by atoms with Gasteiger partial charge in [-0.1, -0.05) is 60.7 Å². The van der Waals surface area contributed by atoms with Crippen molar-refractivity contribution >= 4 is 17.4 Å². The van der Waals surface area contributed by atoms with Crippen LogP contribution in [0.5, 0.6) is 0 Å². The lowest BCUT2D eigenvalue weighted by molar-refractivity contribution is 0.784. The molecule has 3 rings (SSSR count). The molecule has 3 heteroatoms. The van der Waals surface area contributed by atoms with E-state index < -0.39 is 6.09 Å².